The minimum Gasteiger partial charge on any atom is -0.352 e. The van der Waals surface area contributed by atoms with Crippen LogP contribution in [0.5, 0.6) is 0 Å². The summed E-state index contributed by atoms with van der Waals surface area (Å²) < 4.78 is 0. The van der Waals surface area contributed by atoms with E-state index in [1.165, 1.54) is 0 Å². The summed E-state index contributed by atoms with van der Waals surface area (Å²) in [5.74, 6) is -0.775. The third-order valence-electron chi connectivity index (χ3n) is 3.46. The largest absolute Gasteiger partial charge is 0.352 e. The van der Waals surface area contributed by atoms with E-state index in [0.29, 0.717) is 0 Å². The minimum absolute atomic E-state index is 0.0570. The first kappa shape index (κ1) is 18.0. The zero-order chi connectivity index (χ0) is 18.1. The highest BCUT2D eigenvalue weighted by molar-refractivity contribution is 5.84. The van der Waals surface area contributed by atoms with Crippen molar-refractivity contribution in [3.05, 3.63) is 71.8 Å². The van der Waals surface area contributed by atoms with Gasteiger partial charge >= 0.3 is 6.03 Å². The standard InChI is InChI=1S/C18H20N4O3/c19-18(25)20-15(14-9-5-2-6-10-14)12-17(24)22-21-16(23)11-13-7-3-1-4-8-13/h1-10,15H,11-12H2,(H,21,23)(H,22,24)(H3,19,20,25). The molecule has 0 bridgehead atoms. The van der Waals surface area contributed by atoms with Crippen molar-refractivity contribution in [1.82, 2.24) is 16.2 Å². The minimum atomic E-state index is -0.727. The quantitative estimate of drug-likeness (QED) is 0.592. The molecule has 1 unspecified atom stereocenters. The molecule has 0 saturated carbocycles. The molecule has 0 saturated heterocycles. The lowest BCUT2D eigenvalue weighted by atomic mass is 10.0. The SMILES string of the molecule is NC(=O)NC(CC(=O)NNC(=O)Cc1ccccc1)c1ccccc1. The number of benzene rings is 2. The fourth-order valence-corrected chi connectivity index (χ4v) is 2.31. The maximum absolute atomic E-state index is 12.0. The maximum Gasteiger partial charge on any atom is 0.312 e. The van der Waals surface area contributed by atoms with Crippen LogP contribution >= 0.6 is 0 Å². The average molecular weight is 340 g/mol. The van der Waals surface area contributed by atoms with E-state index in [4.69, 9.17) is 5.73 Å². The predicted octanol–water partition coefficient (Wildman–Crippen LogP) is 1.18. The molecule has 2 aromatic carbocycles. The molecule has 4 amide bonds. The van der Waals surface area contributed by atoms with Gasteiger partial charge in [-0.2, -0.15) is 0 Å². The Morgan fingerprint density at radius 2 is 1.40 bits per heavy atom. The normalized spacial score (nSPS) is 11.2. The molecule has 0 aliphatic rings. The van der Waals surface area contributed by atoms with E-state index in [9.17, 15) is 14.4 Å². The Balaban J connectivity index is 1.86. The molecule has 0 heterocycles. The summed E-state index contributed by atoms with van der Waals surface area (Å²) in [5, 5.41) is 2.52. The Labute approximate surface area is 145 Å². The van der Waals surface area contributed by atoms with Gasteiger partial charge in [0.15, 0.2) is 0 Å². The average Bonchev–Trinajstić information content (AvgIpc) is 2.61. The van der Waals surface area contributed by atoms with Crippen LogP contribution in [0, 0.1) is 0 Å². The van der Waals surface area contributed by atoms with Crippen molar-refractivity contribution in [2.45, 2.75) is 18.9 Å². The number of primary amides is 1. The Kier molecular flexibility index (Phi) is 6.53. The van der Waals surface area contributed by atoms with Crippen molar-refractivity contribution < 1.29 is 14.4 Å². The van der Waals surface area contributed by atoms with E-state index >= 15 is 0 Å². The van der Waals surface area contributed by atoms with E-state index < -0.39 is 18.0 Å². The van der Waals surface area contributed by atoms with Crippen molar-refractivity contribution in [2.24, 2.45) is 5.73 Å². The van der Waals surface area contributed by atoms with E-state index in [0.717, 1.165) is 11.1 Å². The zero-order valence-corrected chi connectivity index (χ0v) is 13.6. The summed E-state index contributed by atoms with van der Waals surface area (Å²) in [6, 6.07) is 16.8. The Hall–Kier alpha value is -3.35. The number of carbonyl (C=O) groups excluding carboxylic acids is 3. The molecule has 2 aromatic rings. The lowest BCUT2D eigenvalue weighted by Crippen LogP contribution is -2.44. The first-order chi connectivity index (χ1) is 12.0. The van der Waals surface area contributed by atoms with Crippen LogP contribution in [-0.2, 0) is 16.0 Å². The molecule has 25 heavy (non-hydrogen) atoms. The Bertz CT molecular complexity index is 720. The molecule has 1 atom stereocenters. The van der Waals surface area contributed by atoms with Gasteiger partial charge in [-0.25, -0.2) is 4.79 Å². The predicted molar refractivity (Wildman–Crippen MR) is 93.0 cm³/mol. The van der Waals surface area contributed by atoms with Crippen LogP contribution in [0.25, 0.3) is 0 Å². The highest BCUT2D eigenvalue weighted by Gasteiger charge is 2.17. The van der Waals surface area contributed by atoms with Gasteiger partial charge in [-0.1, -0.05) is 60.7 Å². The number of hydrogen-bond donors (Lipinski definition) is 4. The van der Waals surface area contributed by atoms with E-state index in [1.807, 2.05) is 36.4 Å². The third-order valence-corrected chi connectivity index (χ3v) is 3.46. The summed E-state index contributed by atoms with van der Waals surface area (Å²) >= 11 is 0. The van der Waals surface area contributed by atoms with Crippen LogP contribution in [0.1, 0.15) is 23.6 Å². The second-order valence-electron chi connectivity index (χ2n) is 5.43. The number of urea groups is 1. The smallest absolute Gasteiger partial charge is 0.312 e. The molecular weight excluding hydrogens is 320 g/mol. The molecule has 0 radical (unpaired) electrons. The molecule has 7 nitrogen and oxygen atoms in total. The number of nitrogens with one attached hydrogen (secondary N) is 3. The second-order valence-corrected chi connectivity index (χ2v) is 5.43. The molecule has 7 heteroatoms. The van der Waals surface area contributed by atoms with Crippen molar-refractivity contribution >= 4 is 17.8 Å². The van der Waals surface area contributed by atoms with Gasteiger partial charge in [0.25, 0.3) is 0 Å². The van der Waals surface area contributed by atoms with Gasteiger partial charge in [0.2, 0.25) is 11.8 Å². The summed E-state index contributed by atoms with van der Waals surface area (Å²) in [4.78, 5) is 35.0. The Morgan fingerprint density at radius 1 is 0.840 bits per heavy atom. The van der Waals surface area contributed by atoms with Gasteiger partial charge in [-0.3, -0.25) is 20.4 Å². The number of rotatable bonds is 6. The molecule has 0 aliphatic carbocycles. The summed E-state index contributed by atoms with van der Waals surface area (Å²) in [5.41, 5.74) is 11.4. The second kappa shape index (κ2) is 9.07. The summed E-state index contributed by atoms with van der Waals surface area (Å²) in [6.45, 7) is 0. The number of amides is 4. The van der Waals surface area contributed by atoms with Gasteiger partial charge in [0.1, 0.15) is 0 Å². The van der Waals surface area contributed by atoms with Crippen LogP contribution < -0.4 is 21.9 Å². The first-order valence-corrected chi connectivity index (χ1v) is 7.77. The Morgan fingerprint density at radius 3 is 2.00 bits per heavy atom. The number of hydrazine groups is 1. The number of nitrogens with two attached hydrogens (primary N) is 1. The molecule has 2 rings (SSSR count). The molecule has 5 N–H and O–H groups in total. The molecule has 0 spiro atoms. The van der Waals surface area contributed by atoms with Crippen molar-refractivity contribution in [3.8, 4) is 0 Å². The fraction of sp³-hybridized carbons (Fsp3) is 0.167. The highest BCUT2D eigenvalue weighted by Crippen LogP contribution is 2.15. The monoisotopic (exact) mass is 340 g/mol. The van der Waals surface area contributed by atoms with Gasteiger partial charge in [0, 0.05) is 0 Å². The molecular formula is C18H20N4O3. The van der Waals surface area contributed by atoms with Crippen molar-refractivity contribution in [1.29, 1.82) is 0 Å². The highest BCUT2D eigenvalue weighted by atomic mass is 16.2. The molecule has 130 valence electrons. The first-order valence-electron chi connectivity index (χ1n) is 7.77. The van der Waals surface area contributed by atoms with Gasteiger partial charge < -0.3 is 11.1 Å². The van der Waals surface area contributed by atoms with Gasteiger partial charge in [-0.15, -0.1) is 0 Å². The lowest BCUT2D eigenvalue weighted by molar-refractivity contribution is -0.128. The van der Waals surface area contributed by atoms with Crippen LogP contribution in [0.2, 0.25) is 0 Å². The summed E-state index contributed by atoms with van der Waals surface area (Å²) in [7, 11) is 0. The van der Waals surface area contributed by atoms with Crippen LogP contribution in [0.3, 0.4) is 0 Å². The van der Waals surface area contributed by atoms with Gasteiger partial charge in [-0.05, 0) is 11.1 Å². The topological polar surface area (TPSA) is 113 Å². The van der Waals surface area contributed by atoms with Crippen LogP contribution in [-0.4, -0.2) is 17.8 Å². The molecule has 0 aromatic heterocycles. The van der Waals surface area contributed by atoms with Crippen LogP contribution in [0.15, 0.2) is 60.7 Å². The van der Waals surface area contributed by atoms with E-state index in [-0.39, 0.29) is 18.7 Å². The van der Waals surface area contributed by atoms with Crippen molar-refractivity contribution in [3.63, 3.8) is 0 Å². The maximum atomic E-state index is 12.0. The number of carbonyl (C=O) groups is 3. The fourth-order valence-electron chi connectivity index (χ4n) is 2.31. The molecule has 0 fully saturated rings. The van der Waals surface area contributed by atoms with Crippen LogP contribution in [0.4, 0.5) is 4.79 Å². The van der Waals surface area contributed by atoms with E-state index in [2.05, 4.69) is 16.2 Å². The zero-order valence-electron chi connectivity index (χ0n) is 13.6. The van der Waals surface area contributed by atoms with Gasteiger partial charge in [0.05, 0.1) is 18.9 Å². The number of hydrogen-bond acceptors (Lipinski definition) is 3. The third kappa shape index (κ3) is 6.34. The molecule has 0 aliphatic heterocycles. The van der Waals surface area contributed by atoms with E-state index in [1.54, 1.807) is 24.3 Å². The summed E-state index contributed by atoms with van der Waals surface area (Å²) in [6.07, 6.45) is 0.0986. The van der Waals surface area contributed by atoms with Crippen molar-refractivity contribution in [2.75, 3.05) is 0 Å². The lowest BCUT2D eigenvalue weighted by Gasteiger charge is -2.17.